The molecule has 0 unspecified atom stereocenters. The Morgan fingerprint density at radius 3 is 2.88 bits per heavy atom. The van der Waals surface area contributed by atoms with Crippen LogP contribution in [0.4, 0.5) is 0 Å². The van der Waals surface area contributed by atoms with E-state index in [1.165, 1.54) is 0 Å². The third-order valence-corrected chi connectivity index (χ3v) is 2.82. The van der Waals surface area contributed by atoms with Gasteiger partial charge in [0.2, 0.25) is 0 Å². The topological polar surface area (TPSA) is 46.5 Å². The molecule has 16 heavy (non-hydrogen) atoms. The van der Waals surface area contributed by atoms with Crippen molar-refractivity contribution in [2.75, 3.05) is 0 Å². The Morgan fingerprint density at radius 2 is 2.25 bits per heavy atom. The second-order valence-corrected chi connectivity index (χ2v) is 4.47. The van der Waals surface area contributed by atoms with Gasteiger partial charge >= 0.3 is 0 Å². The standard InChI is InChI=1S/C10H11ClN4S/c1-6(2)15-9(13-14-10(15)16)7-3-4-12-5-8(7)11/h3-6H,1-2H3,(H,14,16). The zero-order chi connectivity index (χ0) is 11.7. The van der Waals surface area contributed by atoms with Crippen molar-refractivity contribution in [3.05, 3.63) is 28.3 Å². The van der Waals surface area contributed by atoms with Crippen LogP contribution >= 0.6 is 23.8 Å². The number of rotatable bonds is 2. The molecule has 2 aromatic heterocycles. The lowest BCUT2D eigenvalue weighted by Crippen LogP contribution is -2.03. The molecule has 0 atom stereocenters. The van der Waals surface area contributed by atoms with Gasteiger partial charge in [-0.25, -0.2) is 0 Å². The van der Waals surface area contributed by atoms with Crippen molar-refractivity contribution in [2.45, 2.75) is 19.9 Å². The monoisotopic (exact) mass is 254 g/mol. The third kappa shape index (κ3) is 1.88. The van der Waals surface area contributed by atoms with E-state index in [9.17, 15) is 0 Å². The van der Waals surface area contributed by atoms with Crippen LogP contribution in [0.3, 0.4) is 0 Å². The van der Waals surface area contributed by atoms with Crippen molar-refractivity contribution in [1.29, 1.82) is 0 Å². The van der Waals surface area contributed by atoms with Crippen molar-refractivity contribution in [3.8, 4) is 11.4 Å². The maximum Gasteiger partial charge on any atom is 0.195 e. The molecule has 2 aromatic rings. The number of aromatic amines is 1. The van der Waals surface area contributed by atoms with E-state index in [1.807, 2.05) is 24.5 Å². The van der Waals surface area contributed by atoms with E-state index in [-0.39, 0.29) is 6.04 Å². The number of halogens is 1. The average Bonchev–Trinajstić information content (AvgIpc) is 2.61. The van der Waals surface area contributed by atoms with Gasteiger partial charge in [0.15, 0.2) is 10.6 Å². The van der Waals surface area contributed by atoms with Gasteiger partial charge in [-0.3, -0.25) is 14.6 Å². The van der Waals surface area contributed by atoms with Crippen LogP contribution < -0.4 is 0 Å². The summed E-state index contributed by atoms with van der Waals surface area (Å²) in [6.45, 7) is 4.09. The van der Waals surface area contributed by atoms with Gasteiger partial charge < -0.3 is 0 Å². The predicted octanol–water partition coefficient (Wildman–Crippen LogP) is 3.24. The van der Waals surface area contributed by atoms with E-state index in [1.54, 1.807) is 12.4 Å². The number of hydrogen-bond acceptors (Lipinski definition) is 3. The zero-order valence-electron chi connectivity index (χ0n) is 8.94. The van der Waals surface area contributed by atoms with Crippen LogP contribution in [0.2, 0.25) is 5.02 Å². The summed E-state index contributed by atoms with van der Waals surface area (Å²) in [5.74, 6) is 0.743. The molecule has 4 nitrogen and oxygen atoms in total. The van der Waals surface area contributed by atoms with Gasteiger partial charge in [0.05, 0.1) is 5.02 Å². The molecule has 0 fully saturated rings. The Balaban J connectivity index is 2.66. The molecule has 0 radical (unpaired) electrons. The lowest BCUT2D eigenvalue weighted by Gasteiger charge is -2.10. The molecule has 0 aliphatic carbocycles. The second kappa shape index (κ2) is 4.35. The van der Waals surface area contributed by atoms with Crippen LogP contribution in [-0.2, 0) is 0 Å². The molecule has 6 heteroatoms. The fourth-order valence-corrected chi connectivity index (χ4v) is 2.08. The third-order valence-electron chi connectivity index (χ3n) is 2.23. The molecule has 0 amide bonds. The molecule has 84 valence electrons. The minimum Gasteiger partial charge on any atom is -0.298 e. The summed E-state index contributed by atoms with van der Waals surface area (Å²) in [4.78, 5) is 3.95. The number of hydrogen-bond donors (Lipinski definition) is 1. The summed E-state index contributed by atoms with van der Waals surface area (Å²) in [7, 11) is 0. The summed E-state index contributed by atoms with van der Waals surface area (Å²) < 4.78 is 2.52. The first kappa shape index (κ1) is 11.3. The largest absolute Gasteiger partial charge is 0.298 e. The van der Waals surface area contributed by atoms with Crippen molar-refractivity contribution >= 4 is 23.8 Å². The minimum absolute atomic E-state index is 0.227. The van der Waals surface area contributed by atoms with Crippen LogP contribution in [0, 0.1) is 4.77 Å². The van der Waals surface area contributed by atoms with Crippen molar-refractivity contribution in [3.63, 3.8) is 0 Å². The molecule has 0 saturated heterocycles. The lowest BCUT2D eigenvalue weighted by molar-refractivity contribution is 0.597. The minimum atomic E-state index is 0.227. The maximum absolute atomic E-state index is 6.08. The predicted molar refractivity (Wildman–Crippen MR) is 66.0 cm³/mol. The molecular weight excluding hydrogens is 244 g/mol. The van der Waals surface area contributed by atoms with Crippen LogP contribution in [0.5, 0.6) is 0 Å². The van der Waals surface area contributed by atoms with E-state index < -0.39 is 0 Å². The number of H-pyrrole nitrogens is 1. The number of aromatic nitrogens is 4. The van der Waals surface area contributed by atoms with Gasteiger partial charge in [0.25, 0.3) is 0 Å². The zero-order valence-corrected chi connectivity index (χ0v) is 10.5. The fourth-order valence-electron chi connectivity index (χ4n) is 1.53. The number of pyridine rings is 1. The normalized spacial score (nSPS) is 11.0. The summed E-state index contributed by atoms with van der Waals surface area (Å²) in [5, 5.41) is 7.55. The average molecular weight is 255 g/mol. The number of nitrogens with zero attached hydrogens (tertiary/aromatic N) is 3. The Morgan fingerprint density at radius 1 is 1.50 bits per heavy atom. The molecule has 2 heterocycles. The van der Waals surface area contributed by atoms with E-state index in [0.717, 1.165) is 11.4 Å². The van der Waals surface area contributed by atoms with Gasteiger partial charge in [-0.05, 0) is 32.1 Å². The fraction of sp³-hybridized carbons (Fsp3) is 0.300. The molecule has 0 spiro atoms. The van der Waals surface area contributed by atoms with Crippen molar-refractivity contribution in [2.24, 2.45) is 0 Å². The van der Waals surface area contributed by atoms with Gasteiger partial charge in [-0.2, -0.15) is 5.10 Å². The van der Waals surface area contributed by atoms with E-state index >= 15 is 0 Å². The molecule has 0 aliphatic heterocycles. The van der Waals surface area contributed by atoms with Crippen LogP contribution in [-0.4, -0.2) is 19.7 Å². The Bertz CT molecular complexity index is 558. The Hall–Kier alpha value is -1.20. The van der Waals surface area contributed by atoms with E-state index in [4.69, 9.17) is 23.8 Å². The first-order chi connectivity index (χ1) is 7.61. The quantitative estimate of drug-likeness (QED) is 0.837. The smallest absolute Gasteiger partial charge is 0.195 e. The summed E-state index contributed by atoms with van der Waals surface area (Å²) in [6.07, 6.45) is 3.28. The van der Waals surface area contributed by atoms with E-state index in [2.05, 4.69) is 15.2 Å². The molecule has 2 rings (SSSR count). The summed E-state index contributed by atoms with van der Waals surface area (Å²) in [6, 6.07) is 2.05. The highest BCUT2D eigenvalue weighted by Gasteiger charge is 2.13. The van der Waals surface area contributed by atoms with Crippen LogP contribution in [0.1, 0.15) is 19.9 Å². The SMILES string of the molecule is CC(C)n1c(-c2ccncc2Cl)n[nH]c1=S. The first-order valence-electron chi connectivity index (χ1n) is 4.88. The van der Waals surface area contributed by atoms with Crippen LogP contribution in [0.15, 0.2) is 18.5 Å². The molecule has 0 bridgehead atoms. The molecular formula is C10H11ClN4S. The van der Waals surface area contributed by atoms with Gasteiger partial charge in [-0.15, -0.1) is 0 Å². The number of nitrogens with one attached hydrogen (secondary N) is 1. The summed E-state index contributed by atoms with van der Waals surface area (Å²) in [5.41, 5.74) is 0.831. The Labute approximate surface area is 103 Å². The first-order valence-corrected chi connectivity index (χ1v) is 5.66. The second-order valence-electron chi connectivity index (χ2n) is 3.67. The molecule has 0 aromatic carbocycles. The van der Waals surface area contributed by atoms with Crippen molar-refractivity contribution in [1.82, 2.24) is 19.7 Å². The highest BCUT2D eigenvalue weighted by molar-refractivity contribution is 7.71. The van der Waals surface area contributed by atoms with Crippen molar-refractivity contribution < 1.29 is 0 Å². The maximum atomic E-state index is 6.08. The van der Waals surface area contributed by atoms with Gasteiger partial charge in [0, 0.05) is 24.0 Å². The molecule has 0 saturated carbocycles. The molecule has 1 N–H and O–H groups in total. The van der Waals surface area contributed by atoms with Gasteiger partial charge in [0.1, 0.15) is 0 Å². The summed E-state index contributed by atoms with van der Waals surface area (Å²) >= 11 is 11.3. The van der Waals surface area contributed by atoms with E-state index in [0.29, 0.717) is 9.79 Å². The van der Waals surface area contributed by atoms with Crippen LogP contribution in [0.25, 0.3) is 11.4 Å². The Kier molecular flexibility index (Phi) is 3.07. The molecule has 0 aliphatic rings. The van der Waals surface area contributed by atoms with Gasteiger partial charge in [-0.1, -0.05) is 11.6 Å². The highest BCUT2D eigenvalue weighted by Crippen LogP contribution is 2.26. The lowest BCUT2D eigenvalue weighted by atomic mass is 10.2. The highest BCUT2D eigenvalue weighted by atomic mass is 35.5.